The molecule has 0 spiro atoms. The molecule has 0 fully saturated rings. The largest absolute Gasteiger partial charge is 0.447 e. The van der Waals surface area contributed by atoms with Crippen LogP contribution >= 0.6 is 11.6 Å². The molecule has 29 heavy (non-hydrogen) atoms. The Morgan fingerprint density at radius 3 is 2.48 bits per heavy atom. The fraction of sp³-hybridized carbons (Fsp3) is 0.368. The van der Waals surface area contributed by atoms with Crippen LogP contribution in [0.4, 0.5) is 22.1 Å². The molecule has 0 atom stereocenters. The van der Waals surface area contributed by atoms with E-state index in [4.69, 9.17) is 21.1 Å². The average Bonchev–Trinajstić information content (AvgIpc) is 2.70. The lowest BCUT2D eigenvalue weighted by Gasteiger charge is -2.19. The van der Waals surface area contributed by atoms with Gasteiger partial charge in [-0.25, -0.2) is 14.8 Å². The molecule has 2 amide bonds. The third-order valence-corrected chi connectivity index (χ3v) is 4.16. The number of hydrogen-bond acceptors (Lipinski definition) is 7. The Bertz CT molecular complexity index is 845. The lowest BCUT2D eigenvalue weighted by Crippen LogP contribution is -2.25. The van der Waals surface area contributed by atoms with Gasteiger partial charge in [-0.1, -0.05) is 17.7 Å². The van der Waals surface area contributed by atoms with Crippen LogP contribution in [0.2, 0.25) is 5.02 Å². The predicted molar refractivity (Wildman–Crippen MR) is 112 cm³/mol. The van der Waals surface area contributed by atoms with Crippen molar-refractivity contribution in [2.45, 2.75) is 13.8 Å². The zero-order valence-corrected chi connectivity index (χ0v) is 17.3. The number of hydrogen-bond donors (Lipinski definition) is 2. The number of carbonyl (C=O) groups is 2. The van der Waals surface area contributed by atoms with Crippen LogP contribution in [-0.4, -0.2) is 55.4 Å². The zero-order chi connectivity index (χ0) is 21.2. The highest BCUT2D eigenvalue weighted by Crippen LogP contribution is 2.20. The number of halogens is 1. The first-order valence-electron chi connectivity index (χ1n) is 9.10. The first kappa shape index (κ1) is 22.4. The maximum atomic E-state index is 12.7. The van der Waals surface area contributed by atoms with Gasteiger partial charge in [0.05, 0.1) is 17.8 Å². The zero-order valence-electron chi connectivity index (χ0n) is 16.6. The van der Waals surface area contributed by atoms with Crippen molar-refractivity contribution in [1.82, 2.24) is 9.97 Å². The van der Waals surface area contributed by atoms with Crippen molar-refractivity contribution in [2.24, 2.45) is 0 Å². The molecule has 2 aromatic rings. The standard InChI is InChI=1S/C19H24ClN5O4/c1-4-25(5-2)18-21-12-15(20)16(24-18)17(26)22-13-7-6-8-14(11-13)23-19(27)29-10-9-28-3/h6-8,11-12H,4-5,9-10H2,1-3H3,(H,22,26)(H,23,27). The third-order valence-electron chi connectivity index (χ3n) is 3.88. The predicted octanol–water partition coefficient (Wildman–Crippen LogP) is 3.42. The molecule has 10 heteroatoms. The Balaban J connectivity index is 2.09. The minimum atomic E-state index is -0.617. The minimum Gasteiger partial charge on any atom is -0.447 e. The van der Waals surface area contributed by atoms with Gasteiger partial charge in [0.25, 0.3) is 5.91 Å². The molecule has 1 aromatic carbocycles. The number of aromatic nitrogens is 2. The second kappa shape index (κ2) is 11.2. The van der Waals surface area contributed by atoms with Crippen molar-refractivity contribution >= 4 is 40.9 Å². The van der Waals surface area contributed by atoms with E-state index in [1.165, 1.54) is 13.3 Å². The second-order valence-electron chi connectivity index (χ2n) is 5.83. The number of amides is 2. The summed E-state index contributed by atoms with van der Waals surface area (Å²) in [5, 5.41) is 5.45. The van der Waals surface area contributed by atoms with Crippen molar-refractivity contribution in [3.63, 3.8) is 0 Å². The third kappa shape index (κ3) is 6.58. The number of anilines is 3. The summed E-state index contributed by atoms with van der Waals surface area (Å²) in [7, 11) is 1.52. The smallest absolute Gasteiger partial charge is 0.411 e. The highest BCUT2D eigenvalue weighted by atomic mass is 35.5. The molecule has 0 saturated heterocycles. The highest BCUT2D eigenvalue weighted by molar-refractivity contribution is 6.34. The van der Waals surface area contributed by atoms with E-state index < -0.39 is 12.0 Å². The minimum absolute atomic E-state index is 0.0703. The van der Waals surface area contributed by atoms with Gasteiger partial charge in [0, 0.05) is 31.6 Å². The van der Waals surface area contributed by atoms with Gasteiger partial charge in [-0.05, 0) is 32.0 Å². The maximum absolute atomic E-state index is 12.7. The fourth-order valence-corrected chi connectivity index (χ4v) is 2.59. The van der Waals surface area contributed by atoms with Crippen LogP contribution < -0.4 is 15.5 Å². The van der Waals surface area contributed by atoms with Gasteiger partial charge in [-0.15, -0.1) is 0 Å². The first-order chi connectivity index (χ1) is 14.0. The van der Waals surface area contributed by atoms with E-state index in [0.29, 0.717) is 37.0 Å². The van der Waals surface area contributed by atoms with Crippen LogP contribution in [0.5, 0.6) is 0 Å². The summed E-state index contributed by atoms with van der Waals surface area (Å²) in [6, 6.07) is 6.63. The van der Waals surface area contributed by atoms with E-state index in [1.54, 1.807) is 24.3 Å². The number of benzene rings is 1. The molecule has 1 aromatic heterocycles. The van der Waals surface area contributed by atoms with Gasteiger partial charge in [0.2, 0.25) is 5.95 Å². The highest BCUT2D eigenvalue weighted by Gasteiger charge is 2.17. The lowest BCUT2D eigenvalue weighted by molar-refractivity contribution is 0.102. The molecular formula is C19H24ClN5O4. The molecule has 0 radical (unpaired) electrons. The van der Waals surface area contributed by atoms with Gasteiger partial charge in [0.1, 0.15) is 6.61 Å². The summed E-state index contributed by atoms with van der Waals surface area (Å²) < 4.78 is 9.77. The number of carbonyl (C=O) groups excluding carboxylic acids is 2. The number of rotatable bonds is 9. The summed E-state index contributed by atoms with van der Waals surface area (Å²) in [6.07, 6.45) is 0.790. The van der Waals surface area contributed by atoms with Gasteiger partial charge < -0.3 is 19.7 Å². The topological polar surface area (TPSA) is 106 Å². The Labute approximate surface area is 174 Å². The van der Waals surface area contributed by atoms with Crippen molar-refractivity contribution in [3.05, 3.63) is 41.2 Å². The van der Waals surface area contributed by atoms with E-state index in [0.717, 1.165) is 0 Å². The molecule has 156 valence electrons. The molecule has 0 saturated carbocycles. The molecule has 0 bridgehead atoms. The monoisotopic (exact) mass is 421 g/mol. The van der Waals surface area contributed by atoms with Gasteiger partial charge in [0.15, 0.2) is 5.69 Å². The second-order valence-corrected chi connectivity index (χ2v) is 6.23. The van der Waals surface area contributed by atoms with Crippen LogP contribution in [0, 0.1) is 0 Å². The maximum Gasteiger partial charge on any atom is 0.411 e. The molecule has 0 aliphatic heterocycles. The van der Waals surface area contributed by atoms with Gasteiger partial charge in [-0.2, -0.15) is 0 Å². The Morgan fingerprint density at radius 2 is 1.83 bits per heavy atom. The summed E-state index contributed by atoms with van der Waals surface area (Å²) in [4.78, 5) is 34.8. The van der Waals surface area contributed by atoms with E-state index in [-0.39, 0.29) is 17.3 Å². The summed E-state index contributed by atoms with van der Waals surface area (Å²) in [5.41, 5.74) is 0.993. The van der Waals surface area contributed by atoms with Gasteiger partial charge >= 0.3 is 6.09 Å². The fourth-order valence-electron chi connectivity index (χ4n) is 2.41. The van der Waals surface area contributed by atoms with Gasteiger partial charge in [-0.3, -0.25) is 10.1 Å². The van der Waals surface area contributed by atoms with Crippen LogP contribution in [0.1, 0.15) is 24.3 Å². The summed E-state index contributed by atoms with van der Waals surface area (Å²) >= 11 is 6.12. The summed E-state index contributed by atoms with van der Waals surface area (Å²) in [6.45, 7) is 5.79. The van der Waals surface area contributed by atoms with Crippen LogP contribution in [0.3, 0.4) is 0 Å². The number of nitrogens with zero attached hydrogens (tertiary/aromatic N) is 3. The average molecular weight is 422 g/mol. The van der Waals surface area contributed by atoms with Crippen LogP contribution in [0.15, 0.2) is 30.5 Å². The molecule has 2 N–H and O–H groups in total. The van der Waals surface area contributed by atoms with Crippen LogP contribution in [-0.2, 0) is 9.47 Å². The van der Waals surface area contributed by atoms with Crippen molar-refractivity contribution in [2.75, 3.05) is 48.9 Å². The van der Waals surface area contributed by atoms with E-state index in [1.807, 2.05) is 18.7 Å². The molecule has 1 heterocycles. The number of ether oxygens (including phenoxy) is 2. The van der Waals surface area contributed by atoms with Crippen molar-refractivity contribution in [1.29, 1.82) is 0 Å². The van der Waals surface area contributed by atoms with Crippen LogP contribution in [0.25, 0.3) is 0 Å². The molecule has 0 aliphatic carbocycles. The molecule has 2 rings (SSSR count). The number of nitrogens with one attached hydrogen (secondary N) is 2. The van der Waals surface area contributed by atoms with Crippen molar-refractivity contribution in [3.8, 4) is 0 Å². The molecule has 0 aliphatic rings. The Kier molecular flexibility index (Phi) is 8.63. The van der Waals surface area contributed by atoms with E-state index in [9.17, 15) is 9.59 Å². The first-order valence-corrected chi connectivity index (χ1v) is 9.47. The summed E-state index contributed by atoms with van der Waals surface area (Å²) in [5.74, 6) is -0.0515. The normalized spacial score (nSPS) is 10.3. The number of methoxy groups -OCH3 is 1. The molecule has 0 unspecified atom stereocenters. The Hall–Kier alpha value is -2.91. The van der Waals surface area contributed by atoms with Crippen molar-refractivity contribution < 1.29 is 19.1 Å². The van der Waals surface area contributed by atoms with E-state index >= 15 is 0 Å². The SMILES string of the molecule is CCN(CC)c1ncc(Cl)c(C(=O)Nc2cccc(NC(=O)OCCOC)c2)n1. The molecule has 9 nitrogen and oxygen atoms in total. The molecular weight excluding hydrogens is 398 g/mol. The van der Waals surface area contributed by atoms with E-state index in [2.05, 4.69) is 20.6 Å². The lowest BCUT2D eigenvalue weighted by atomic mass is 10.2. The Morgan fingerprint density at radius 1 is 1.14 bits per heavy atom. The quantitative estimate of drug-likeness (QED) is 0.597.